The second-order valence-electron chi connectivity index (χ2n) is 7.79. The lowest BCUT2D eigenvalue weighted by Crippen LogP contribution is -2.58. The number of rotatable bonds is 4. The number of benzene rings is 1. The number of nitrogens with two attached hydrogens (primary N) is 2. The summed E-state index contributed by atoms with van der Waals surface area (Å²) in [5.41, 5.74) is 10.7. The summed E-state index contributed by atoms with van der Waals surface area (Å²) in [6.45, 7) is 0.417. The molecule has 3 aliphatic rings. The standard InChI is InChI=1S/C19H24F3N5O/c20-19(21,22)13-8-14(10-15(9-13)28-11-12-4-5-12)27-17(24)25-16(23)26-18(27)6-2-1-3-7-18/h8-10,12H,1-7,11H2,(H4,23,24,25,26). The van der Waals surface area contributed by atoms with E-state index in [1.807, 2.05) is 0 Å². The highest BCUT2D eigenvalue weighted by Gasteiger charge is 2.43. The van der Waals surface area contributed by atoms with Crippen LogP contribution in [0.15, 0.2) is 28.2 Å². The van der Waals surface area contributed by atoms with E-state index in [0.717, 1.165) is 44.2 Å². The highest BCUT2D eigenvalue weighted by molar-refractivity contribution is 6.05. The van der Waals surface area contributed by atoms with E-state index in [0.29, 0.717) is 25.4 Å². The molecule has 1 aliphatic heterocycles. The number of halogens is 3. The summed E-state index contributed by atoms with van der Waals surface area (Å²) in [5, 5.41) is 0. The third kappa shape index (κ3) is 3.74. The lowest BCUT2D eigenvalue weighted by Gasteiger charge is -2.45. The summed E-state index contributed by atoms with van der Waals surface area (Å²) >= 11 is 0. The monoisotopic (exact) mass is 395 g/mol. The summed E-state index contributed by atoms with van der Waals surface area (Å²) in [7, 11) is 0. The molecule has 9 heteroatoms. The van der Waals surface area contributed by atoms with Gasteiger partial charge in [0.25, 0.3) is 0 Å². The number of anilines is 1. The quantitative estimate of drug-likeness (QED) is 0.815. The van der Waals surface area contributed by atoms with Gasteiger partial charge in [0.05, 0.1) is 17.9 Å². The fourth-order valence-electron chi connectivity index (χ4n) is 3.95. The minimum atomic E-state index is -4.50. The van der Waals surface area contributed by atoms with Crippen LogP contribution in [0.1, 0.15) is 50.5 Å². The molecule has 0 bridgehead atoms. The van der Waals surface area contributed by atoms with Crippen LogP contribution >= 0.6 is 0 Å². The van der Waals surface area contributed by atoms with Crippen molar-refractivity contribution in [3.63, 3.8) is 0 Å². The van der Waals surface area contributed by atoms with E-state index in [1.54, 1.807) is 11.0 Å². The molecule has 1 heterocycles. The average Bonchev–Trinajstić information content (AvgIpc) is 3.43. The maximum Gasteiger partial charge on any atom is 0.416 e. The minimum absolute atomic E-state index is 0.0573. The topological polar surface area (TPSA) is 89.2 Å². The van der Waals surface area contributed by atoms with Crippen LogP contribution in [0, 0.1) is 5.92 Å². The number of nitrogens with zero attached hydrogens (tertiary/aromatic N) is 3. The van der Waals surface area contributed by atoms with Crippen molar-refractivity contribution < 1.29 is 17.9 Å². The summed E-state index contributed by atoms with van der Waals surface area (Å²) in [4.78, 5) is 10.1. The van der Waals surface area contributed by atoms with E-state index in [2.05, 4.69) is 9.98 Å². The number of hydrogen-bond acceptors (Lipinski definition) is 6. The van der Waals surface area contributed by atoms with E-state index in [9.17, 15) is 13.2 Å². The van der Waals surface area contributed by atoms with Crippen LogP contribution in [0.2, 0.25) is 0 Å². The van der Waals surface area contributed by atoms with Gasteiger partial charge in [-0.25, -0.2) is 4.99 Å². The molecule has 2 fully saturated rings. The first-order valence-electron chi connectivity index (χ1n) is 9.62. The summed E-state index contributed by atoms with van der Waals surface area (Å²) in [6, 6.07) is 3.71. The summed E-state index contributed by atoms with van der Waals surface area (Å²) < 4.78 is 46.3. The van der Waals surface area contributed by atoms with Gasteiger partial charge in [-0.1, -0.05) is 6.42 Å². The van der Waals surface area contributed by atoms with Gasteiger partial charge in [-0.2, -0.15) is 18.2 Å². The molecule has 2 saturated carbocycles. The van der Waals surface area contributed by atoms with Crippen molar-refractivity contribution in [2.24, 2.45) is 27.4 Å². The van der Waals surface area contributed by atoms with E-state index >= 15 is 0 Å². The Morgan fingerprint density at radius 2 is 1.82 bits per heavy atom. The van der Waals surface area contributed by atoms with Gasteiger partial charge in [0.2, 0.25) is 11.9 Å². The Balaban J connectivity index is 1.76. The average molecular weight is 395 g/mol. The maximum absolute atomic E-state index is 13.5. The van der Waals surface area contributed by atoms with Crippen LogP contribution in [0.5, 0.6) is 5.75 Å². The summed E-state index contributed by atoms with van der Waals surface area (Å²) in [6.07, 6.45) is 1.73. The SMILES string of the molecule is NC1=NC2(CCCCC2)N(c2cc(OCC3CC3)cc(C(F)(F)F)c2)C(N)=N1. The smallest absolute Gasteiger partial charge is 0.416 e. The maximum atomic E-state index is 13.5. The Morgan fingerprint density at radius 3 is 2.46 bits per heavy atom. The van der Waals surface area contributed by atoms with Crippen molar-refractivity contribution in [2.75, 3.05) is 11.5 Å². The van der Waals surface area contributed by atoms with Crippen LogP contribution in [0.3, 0.4) is 0 Å². The number of alkyl halides is 3. The lowest BCUT2D eigenvalue weighted by molar-refractivity contribution is -0.137. The molecule has 0 saturated heterocycles. The van der Waals surface area contributed by atoms with Crippen LogP contribution in [0.4, 0.5) is 18.9 Å². The normalized spacial score (nSPS) is 22.0. The van der Waals surface area contributed by atoms with Crippen LogP contribution in [-0.2, 0) is 6.18 Å². The van der Waals surface area contributed by atoms with Crippen LogP contribution in [-0.4, -0.2) is 24.2 Å². The molecule has 0 unspecified atom stereocenters. The zero-order valence-electron chi connectivity index (χ0n) is 15.5. The second-order valence-corrected chi connectivity index (χ2v) is 7.79. The largest absolute Gasteiger partial charge is 0.493 e. The van der Waals surface area contributed by atoms with Gasteiger partial charge in [-0.05, 0) is 56.6 Å². The molecule has 0 atom stereocenters. The highest BCUT2D eigenvalue weighted by atomic mass is 19.4. The van der Waals surface area contributed by atoms with Crippen LogP contribution in [0.25, 0.3) is 0 Å². The molecule has 0 aromatic heterocycles. The van der Waals surface area contributed by atoms with Crippen molar-refractivity contribution in [2.45, 2.75) is 56.8 Å². The highest BCUT2D eigenvalue weighted by Crippen LogP contribution is 2.43. The van der Waals surface area contributed by atoms with E-state index in [4.69, 9.17) is 16.2 Å². The Morgan fingerprint density at radius 1 is 1.11 bits per heavy atom. The third-order valence-electron chi connectivity index (χ3n) is 5.51. The van der Waals surface area contributed by atoms with E-state index < -0.39 is 17.4 Å². The van der Waals surface area contributed by atoms with Gasteiger partial charge < -0.3 is 16.2 Å². The second kappa shape index (κ2) is 6.86. The molecule has 0 radical (unpaired) electrons. The number of ether oxygens (including phenoxy) is 1. The Labute approximate surface area is 161 Å². The molecule has 28 heavy (non-hydrogen) atoms. The van der Waals surface area contributed by atoms with Gasteiger partial charge in [0, 0.05) is 6.07 Å². The molecule has 4 rings (SSSR count). The van der Waals surface area contributed by atoms with Crippen molar-refractivity contribution in [1.82, 2.24) is 0 Å². The van der Waals surface area contributed by atoms with Crippen molar-refractivity contribution in [3.8, 4) is 5.75 Å². The molecule has 152 valence electrons. The Kier molecular flexibility index (Phi) is 4.63. The molecule has 1 spiro atoms. The molecule has 1 aromatic carbocycles. The van der Waals surface area contributed by atoms with Gasteiger partial charge in [-0.3, -0.25) is 4.90 Å². The molecular formula is C19H24F3N5O. The first kappa shape index (κ1) is 18.9. The minimum Gasteiger partial charge on any atom is -0.493 e. The summed E-state index contributed by atoms with van der Waals surface area (Å²) in [5.74, 6) is 0.724. The number of guanidine groups is 2. The lowest BCUT2D eigenvalue weighted by atomic mass is 9.87. The van der Waals surface area contributed by atoms with Gasteiger partial charge >= 0.3 is 6.18 Å². The Hall–Kier alpha value is -2.45. The molecule has 1 aromatic rings. The number of aliphatic imine (C=N–C) groups is 2. The Bertz CT molecular complexity index is 810. The fourth-order valence-corrected chi connectivity index (χ4v) is 3.95. The first-order chi connectivity index (χ1) is 13.3. The van der Waals surface area contributed by atoms with Gasteiger partial charge in [0.15, 0.2) is 0 Å². The molecule has 6 nitrogen and oxygen atoms in total. The van der Waals surface area contributed by atoms with E-state index in [1.165, 1.54) is 0 Å². The molecule has 2 aliphatic carbocycles. The molecule has 4 N–H and O–H groups in total. The van der Waals surface area contributed by atoms with Crippen molar-refractivity contribution in [3.05, 3.63) is 23.8 Å². The fraction of sp³-hybridized carbons (Fsp3) is 0.579. The molecule has 0 amide bonds. The predicted molar refractivity (Wildman–Crippen MR) is 101 cm³/mol. The van der Waals surface area contributed by atoms with Crippen molar-refractivity contribution >= 4 is 17.6 Å². The van der Waals surface area contributed by atoms with Crippen LogP contribution < -0.4 is 21.1 Å². The predicted octanol–water partition coefficient (Wildman–Crippen LogP) is 3.60. The van der Waals surface area contributed by atoms with Gasteiger partial charge in [0.1, 0.15) is 11.4 Å². The number of hydrogen-bond donors (Lipinski definition) is 2. The zero-order valence-corrected chi connectivity index (χ0v) is 15.5. The van der Waals surface area contributed by atoms with Gasteiger partial charge in [-0.15, -0.1) is 0 Å². The zero-order chi connectivity index (χ0) is 19.9. The first-order valence-corrected chi connectivity index (χ1v) is 9.62. The van der Waals surface area contributed by atoms with Crippen molar-refractivity contribution in [1.29, 1.82) is 0 Å². The molecular weight excluding hydrogens is 371 g/mol. The third-order valence-corrected chi connectivity index (χ3v) is 5.51. The van der Waals surface area contributed by atoms with E-state index in [-0.39, 0.29) is 23.4 Å².